The molecule has 0 aliphatic rings. The van der Waals surface area contributed by atoms with Crippen LogP contribution in [0.3, 0.4) is 0 Å². The molecule has 0 radical (unpaired) electrons. The minimum atomic E-state index is -0.294. The summed E-state index contributed by atoms with van der Waals surface area (Å²) in [4.78, 5) is 0. The van der Waals surface area contributed by atoms with Crippen molar-refractivity contribution in [2.75, 3.05) is 7.11 Å². The lowest BCUT2D eigenvalue weighted by molar-refractivity contribution is 0.399. The molecule has 2 N–H and O–H groups in total. The molecule has 0 aliphatic carbocycles. The van der Waals surface area contributed by atoms with Crippen molar-refractivity contribution < 1.29 is 14.2 Å². The maximum Gasteiger partial charge on any atom is 0.123 e. The summed E-state index contributed by atoms with van der Waals surface area (Å²) in [6, 6.07) is 11.5. The summed E-state index contributed by atoms with van der Waals surface area (Å²) in [5.74, 6) is 0.596. The topological polar surface area (TPSA) is 41.5 Å². The zero-order chi connectivity index (χ0) is 14.5. The van der Waals surface area contributed by atoms with Crippen LogP contribution < -0.4 is 10.1 Å². The summed E-state index contributed by atoms with van der Waals surface area (Å²) >= 11 is 0. The zero-order valence-corrected chi connectivity index (χ0v) is 11.6. The number of hydrogen-bond acceptors (Lipinski definition) is 3. The van der Waals surface area contributed by atoms with E-state index in [1.807, 2.05) is 19.1 Å². The van der Waals surface area contributed by atoms with Crippen molar-refractivity contribution >= 4 is 0 Å². The summed E-state index contributed by atoms with van der Waals surface area (Å²) in [7, 11) is 1.56. The van der Waals surface area contributed by atoms with Crippen molar-refractivity contribution in [1.29, 1.82) is 0 Å². The Hall–Kier alpha value is -2.07. The van der Waals surface area contributed by atoms with Crippen molar-refractivity contribution in [2.45, 2.75) is 19.5 Å². The van der Waals surface area contributed by atoms with E-state index in [2.05, 4.69) is 5.32 Å². The molecule has 0 aromatic heterocycles. The molecule has 3 nitrogen and oxygen atoms in total. The average molecular weight is 275 g/mol. The Morgan fingerprint density at radius 1 is 1.25 bits per heavy atom. The second-order valence-corrected chi connectivity index (χ2v) is 4.62. The molecule has 2 aromatic carbocycles. The standard InChI is InChI=1S/C16H18FNO2/c1-11(14-9-13(17)7-8-16(14)20-2)18-10-12-5-3-4-6-15(12)19/h3-9,11,18-19H,10H2,1-2H3. The largest absolute Gasteiger partial charge is 0.508 e. The number of nitrogens with one attached hydrogen (secondary N) is 1. The minimum absolute atomic E-state index is 0.0970. The highest BCUT2D eigenvalue weighted by Crippen LogP contribution is 2.26. The lowest BCUT2D eigenvalue weighted by atomic mass is 10.1. The van der Waals surface area contributed by atoms with Gasteiger partial charge >= 0.3 is 0 Å². The lowest BCUT2D eigenvalue weighted by Gasteiger charge is -2.17. The second-order valence-electron chi connectivity index (χ2n) is 4.62. The first kappa shape index (κ1) is 14.3. The van der Waals surface area contributed by atoms with E-state index in [4.69, 9.17) is 4.74 Å². The van der Waals surface area contributed by atoms with E-state index in [0.717, 1.165) is 11.1 Å². The van der Waals surface area contributed by atoms with Gasteiger partial charge in [0.15, 0.2) is 0 Å². The lowest BCUT2D eigenvalue weighted by Crippen LogP contribution is -2.19. The number of rotatable bonds is 5. The first-order chi connectivity index (χ1) is 9.61. The van der Waals surface area contributed by atoms with Crippen LogP contribution in [0.15, 0.2) is 42.5 Å². The van der Waals surface area contributed by atoms with Gasteiger partial charge in [0.2, 0.25) is 0 Å². The van der Waals surface area contributed by atoms with E-state index < -0.39 is 0 Å². The number of hydrogen-bond donors (Lipinski definition) is 2. The predicted octanol–water partition coefficient (Wildman–Crippen LogP) is 3.39. The first-order valence-electron chi connectivity index (χ1n) is 6.45. The molecule has 0 saturated heterocycles. The summed E-state index contributed by atoms with van der Waals surface area (Å²) in [6.45, 7) is 2.42. The molecule has 106 valence electrons. The van der Waals surface area contributed by atoms with Crippen LogP contribution in [-0.2, 0) is 6.54 Å². The van der Waals surface area contributed by atoms with Gasteiger partial charge in [-0.2, -0.15) is 0 Å². The maximum atomic E-state index is 13.3. The first-order valence-corrected chi connectivity index (χ1v) is 6.45. The van der Waals surface area contributed by atoms with Crippen LogP contribution in [0.4, 0.5) is 4.39 Å². The predicted molar refractivity (Wildman–Crippen MR) is 76.3 cm³/mol. The van der Waals surface area contributed by atoms with E-state index in [-0.39, 0.29) is 17.6 Å². The maximum absolute atomic E-state index is 13.3. The van der Waals surface area contributed by atoms with Crippen molar-refractivity contribution in [3.8, 4) is 11.5 Å². The van der Waals surface area contributed by atoms with Gasteiger partial charge in [-0.25, -0.2) is 4.39 Å². The third kappa shape index (κ3) is 3.27. The molecule has 0 amide bonds. The normalized spacial score (nSPS) is 12.2. The molecule has 0 fully saturated rings. The fourth-order valence-corrected chi connectivity index (χ4v) is 2.08. The van der Waals surface area contributed by atoms with Crippen LogP contribution in [0.2, 0.25) is 0 Å². The molecule has 2 aromatic rings. The number of halogens is 1. The Bertz CT molecular complexity index is 586. The number of para-hydroxylation sites is 1. The fraction of sp³-hybridized carbons (Fsp3) is 0.250. The zero-order valence-electron chi connectivity index (χ0n) is 11.6. The van der Waals surface area contributed by atoms with Crippen LogP contribution in [-0.4, -0.2) is 12.2 Å². The van der Waals surface area contributed by atoms with Gasteiger partial charge in [-0.3, -0.25) is 0 Å². The van der Waals surface area contributed by atoms with Gasteiger partial charge in [0, 0.05) is 23.7 Å². The van der Waals surface area contributed by atoms with E-state index in [1.54, 1.807) is 25.3 Å². The summed E-state index contributed by atoms with van der Waals surface area (Å²) in [5.41, 5.74) is 1.55. The van der Waals surface area contributed by atoms with Crippen molar-refractivity contribution in [1.82, 2.24) is 5.32 Å². The van der Waals surface area contributed by atoms with Gasteiger partial charge in [0.05, 0.1) is 7.11 Å². The monoisotopic (exact) mass is 275 g/mol. The number of ether oxygens (including phenoxy) is 1. The summed E-state index contributed by atoms with van der Waals surface area (Å²) < 4.78 is 18.6. The third-order valence-corrected chi connectivity index (χ3v) is 3.25. The molecule has 2 rings (SSSR count). The molecule has 0 heterocycles. The van der Waals surface area contributed by atoms with E-state index >= 15 is 0 Å². The van der Waals surface area contributed by atoms with Crippen LogP contribution >= 0.6 is 0 Å². The van der Waals surface area contributed by atoms with Gasteiger partial charge in [-0.15, -0.1) is 0 Å². The smallest absolute Gasteiger partial charge is 0.123 e. The molecule has 0 spiro atoms. The molecule has 0 aliphatic heterocycles. The fourth-order valence-electron chi connectivity index (χ4n) is 2.08. The molecular weight excluding hydrogens is 257 g/mol. The Balaban J connectivity index is 2.11. The number of aromatic hydroxyl groups is 1. The van der Waals surface area contributed by atoms with E-state index in [9.17, 15) is 9.50 Å². The number of methoxy groups -OCH3 is 1. The summed E-state index contributed by atoms with van der Waals surface area (Å²) in [5, 5.41) is 13.0. The van der Waals surface area contributed by atoms with Crippen LogP contribution in [0.25, 0.3) is 0 Å². The number of phenolic OH excluding ortho intramolecular Hbond substituents is 1. The highest BCUT2D eigenvalue weighted by molar-refractivity contribution is 5.37. The third-order valence-electron chi connectivity index (χ3n) is 3.25. The molecule has 0 saturated carbocycles. The molecular formula is C16H18FNO2. The number of benzene rings is 2. The van der Waals surface area contributed by atoms with Crippen molar-refractivity contribution in [2.24, 2.45) is 0 Å². The second kappa shape index (κ2) is 6.39. The van der Waals surface area contributed by atoms with Gasteiger partial charge in [-0.05, 0) is 31.2 Å². The Morgan fingerprint density at radius 2 is 2.00 bits per heavy atom. The quantitative estimate of drug-likeness (QED) is 0.879. The van der Waals surface area contributed by atoms with Crippen molar-refractivity contribution in [3.05, 3.63) is 59.4 Å². The molecule has 4 heteroatoms. The average Bonchev–Trinajstić information content (AvgIpc) is 2.46. The molecule has 0 bridgehead atoms. The van der Waals surface area contributed by atoms with Crippen molar-refractivity contribution in [3.63, 3.8) is 0 Å². The van der Waals surface area contributed by atoms with Gasteiger partial charge in [0.1, 0.15) is 17.3 Å². The Labute approximate surface area is 118 Å². The minimum Gasteiger partial charge on any atom is -0.508 e. The molecule has 1 atom stereocenters. The number of phenols is 1. The van der Waals surface area contributed by atoms with Crippen LogP contribution in [0, 0.1) is 5.82 Å². The van der Waals surface area contributed by atoms with Crippen LogP contribution in [0.5, 0.6) is 11.5 Å². The highest BCUT2D eigenvalue weighted by Gasteiger charge is 2.12. The Morgan fingerprint density at radius 3 is 2.70 bits per heavy atom. The molecule has 20 heavy (non-hydrogen) atoms. The van der Waals surface area contributed by atoms with Crippen LogP contribution in [0.1, 0.15) is 24.1 Å². The van der Waals surface area contributed by atoms with Gasteiger partial charge < -0.3 is 15.2 Å². The Kier molecular flexibility index (Phi) is 4.58. The molecule has 1 unspecified atom stereocenters. The SMILES string of the molecule is COc1ccc(F)cc1C(C)NCc1ccccc1O. The van der Waals surface area contributed by atoms with E-state index in [1.165, 1.54) is 12.1 Å². The van der Waals surface area contributed by atoms with E-state index in [0.29, 0.717) is 12.3 Å². The summed E-state index contributed by atoms with van der Waals surface area (Å²) in [6.07, 6.45) is 0. The van der Waals surface area contributed by atoms with Gasteiger partial charge in [0.25, 0.3) is 0 Å². The van der Waals surface area contributed by atoms with Gasteiger partial charge in [-0.1, -0.05) is 18.2 Å². The highest BCUT2D eigenvalue weighted by atomic mass is 19.1.